The van der Waals surface area contributed by atoms with Crippen molar-refractivity contribution in [3.63, 3.8) is 0 Å². The molecule has 1 N–H and O–H groups in total. The molecule has 1 aliphatic carbocycles. The standard InChI is InChI=1S/C14H19BrFN/c1-14(6-5-12(9-14)17-2)8-10-3-4-11(15)7-13(10)16/h3-4,7,12,17H,5-6,8-9H2,1-2H3. The Hall–Kier alpha value is -0.410. The highest BCUT2D eigenvalue weighted by atomic mass is 79.9. The van der Waals surface area contributed by atoms with E-state index in [4.69, 9.17) is 0 Å². The molecular formula is C14H19BrFN. The Balaban J connectivity index is 2.10. The summed E-state index contributed by atoms with van der Waals surface area (Å²) in [4.78, 5) is 0. The summed E-state index contributed by atoms with van der Waals surface area (Å²) in [5.74, 6) is -0.0893. The van der Waals surface area contributed by atoms with Crippen molar-refractivity contribution in [2.45, 2.75) is 38.6 Å². The van der Waals surface area contributed by atoms with Gasteiger partial charge < -0.3 is 5.32 Å². The molecule has 2 unspecified atom stereocenters. The molecule has 3 heteroatoms. The van der Waals surface area contributed by atoms with Gasteiger partial charge in [-0.15, -0.1) is 0 Å². The molecule has 2 rings (SSSR count). The summed E-state index contributed by atoms with van der Waals surface area (Å²) < 4.78 is 14.6. The fourth-order valence-electron chi connectivity index (χ4n) is 2.85. The van der Waals surface area contributed by atoms with E-state index in [9.17, 15) is 4.39 Å². The van der Waals surface area contributed by atoms with Crippen LogP contribution in [-0.4, -0.2) is 13.1 Å². The zero-order valence-electron chi connectivity index (χ0n) is 10.4. The number of hydrogen-bond acceptors (Lipinski definition) is 1. The third-order valence-electron chi connectivity index (χ3n) is 3.88. The smallest absolute Gasteiger partial charge is 0.127 e. The van der Waals surface area contributed by atoms with E-state index in [1.165, 1.54) is 12.8 Å². The number of benzene rings is 1. The second kappa shape index (κ2) is 5.07. The van der Waals surface area contributed by atoms with Gasteiger partial charge in [-0.2, -0.15) is 0 Å². The molecule has 1 aromatic carbocycles. The Morgan fingerprint density at radius 2 is 2.29 bits per heavy atom. The molecule has 1 aromatic rings. The molecule has 0 radical (unpaired) electrons. The first-order valence-corrected chi connectivity index (χ1v) is 6.93. The van der Waals surface area contributed by atoms with Crippen molar-refractivity contribution < 1.29 is 4.39 Å². The molecule has 94 valence electrons. The average Bonchev–Trinajstić information content (AvgIpc) is 2.65. The van der Waals surface area contributed by atoms with Crippen molar-refractivity contribution in [2.75, 3.05) is 7.05 Å². The largest absolute Gasteiger partial charge is 0.317 e. The fraction of sp³-hybridized carbons (Fsp3) is 0.571. The summed E-state index contributed by atoms with van der Waals surface area (Å²) in [5, 5.41) is 3.33. The topological polar surface area (TPSA) is 12.0 Å². The normalized spacial score (nSPS) is 28.6. The lowest BCUT2D eigenvalue weighted by Crippen LogP contribution is -2.24. The monoisotopic (exact) mass is 299 g/mol. The van der Waals surface area contributed by atoms with Crippen LogP contribution in [-0.2, 0) is 6.42 Å². The van der Waals surface area contributed by atoms with Crippen LogP contribution in [0.3, 0.4) is 0 Å². The molecule has 0 bridgehead atoms. The zero-order valence-corrected chi connectivity index (χ0v) is 12.0. The predicted octanol–water partition coefficient (Wildman–Crippen LogP) is 3.91. The molecular weight excluding hydrogens is 281 g/mol. The van der Waals surface area contributed by atoms with Gasteiger partial charge >= 0.3 is 0 Å². The van der Waals surface area contributed by atoms with E-state index >= 15 is 0 Å². The van der Waals surface area contributed by atoms with E-state index in [2.05, 4.69) is 28.2 Å². The third-order valence-corrected chi connectivity index (χ3v) is 4.37. The highest BCUT2D eigenvalue weighted by Gasteiger charge is 2.34. The molecule has 1 saturated carbocycles. The summed E-state index contributed by atoms with van der Waals surface area (Å²) in [6.07, 6.45) is 4.35. The van der Waals surface area contributed by atoms with Crippen molar-refractivity contribution in [1.29, 1.82) is 0 Å². The lowest BCUT2D eigenvalue weighted by molar-refractivity contribution is 0.320. The molecule has 1 fully saturated rings. The molecule has 1 nitrogen and oxygen atoms in total. The van der Waals surface area contributed by atoms with Crippen molar-refractivity contribution in [1.82, 2.24) is 5.32 Å². The maximum Gasteiger partial charge on any atom is 0.127 e. The van der Waals surface area contributed by atoms with Crippen LogP contribution >= 0.6 is 15.9 Å². The van der Waals surface area contributed by atoms with Crippen LogP contribution in [0.4, 0.5) is 4.39 Å². The van der Waals surface area contributed by atoms with Gasteiger partial charge in [-0.3, -0.25) is 0 Å². The fourth-order valence-corrected chi connectivity index (χ4v) is 3.19. The van der Waals surface area contributed by atoms with E-state index in [0.29, 0.717) is 6.04 Å². The molecule has 2 atom stereocenters. The van der Waals surface area contributed by atoms with Gasteiger partial charge in [-0.05, 0) is 55.8 Å². The van der Waals surface area contributed by atoms with Crippen LogP contribution in [0.1, 0.15) is 31.7 Å². The van der Waals surface area contributed by atoms with Gasteiger partial charge in [0.15, 0.2) is 0 Å². The summed E-state index contributed by atoms with van der Waals surface area (Å²) in [7, 11) is 2.01. The quantitative estimate of drug-likeness (QED) is 0.892. The van der Waals surface area contributed by atoms with E-state index in [0.717, 1.165) is 22.9 Å². The SMILES string of the molecule is CNC1CCC(C)(Cc2ccc(Br)cc2F)C1. The number of rotatable bonds is 3. The molecule has 0 saturated heterocycles. The highest BCUT2D eigenvalue weighted by Crippen LogP contribution is 2.41. The van der Waals surface area contributed by atoms with E-state index in [1.54, 1.807) is 6.07 Å². The lowest BCUT2D eigenvalue weighted by Gasteiger charge is -2.24. The summed E-state index contributed by atoms with van der Waals surface area (Å²) in [5.41, 5.74) is 1.08. The van der Waals surface area contributed by atoms with Crippen molar-refractivity contribution in [3.8, 4) is 0 Å². The lowest BCUT2D eigenvalue weighted by atomic mass is 9.82. The van der Waals surface area contributed by atoms with Gasteiger partial charge in [0.05, 0.1) is 0 Å². The van der Waals surface area contributed by atoms with Crippen molar-refractivity contribution >= 4 is 15.9 Å². The predicted molar refractivity (Wildman–Crippen MR) is 72.6 cm³/mol. The van der Waals surface area contributed by atoms with Gasteiger partial charge in [0.2, 0.25) is 0 Å². The van der Waals surface area contributed by atoms with Crippen LogP contribution in [0.15, 0.2) is 22.7 Å². The Morgan fingerprint density at radius 1 is 1.53 bits per heavy atom. The molecule has 17 heavy (non-hydrogen) atoms. The van der Waals surface area contributed by atoms with Gasteiger partial charge in [-0.25, -0.2) is 4.39 Å². The minimum absolute atomic E-state index is 0.0893. The summed E-state index contributed by atoms with van der Waals surface area (Å²) >= 11 is 3.29. The Bertz CT molecular complexity index is 407. The molecule has 0 aliphatic heterocycles. The van der Waals surface area contributed by atoms with Crippen molar-refractivity contribution in [2.24, 2.45) is 5.41 Å². The first kappa shape index (κ1) is 13.0. The molecule has 0 heterocycles. The van der Waals surface area contributed by atoms with E-state index < -0.39 is 0 Å². The van der Waals surface area contributed by atoms with Crippen LogP contribution in [0.5, 0.6) is 0 Å². The first-order chi connectivity index (χ1) is 8.02. The second-order valence-electron chi connectivity index (χ2n) is 5.45. The maximum absolute atomic E-state index is 13.8. The second-order valence-corrected chi connectivity index (χ2v) is 6.37. The third kappa shape index (κ3) is 3.08. The number of halogens is 2. The Morgan fingerprint density at radius 3 is 2.88 bits per heavy atom. The van der Waals surface area contributed by atoms with Gasteiger partial charge in [0.25, 0.3) is 0 Å². The molecule has 0 aromatic heterocycles. The highest BCUT2D eigenvalue weighted by molar-refractivity contribution is 9.10. The van der Waals surface area contributed by atoms with Crippen molar-refractivity contribution in [3.05, 3.63) is 34.1 Å². The molecule has 0 amide bonds. The van der Waals surface area contributed by atoms with Crippen LogP contribution in [0.25, 0.3) is 0 Å². The Labute approximate surface area is 111 Å². The van der Waals surface area contributed by atoms with Gasteiger partial charge in [0.1, 0.15) is 5.82 Å². The molecule has 0 spiro atoms. The number of hydrogen-bond donors (Lipinski definition) is 1. The van der Waals surface area contributed by atoms with Crippen LogP contribution in [0, 0.1) is 11.2 Å². The van der Waals surface area contributed by atoms with E-state index in [1.807, 2.05) is 19.2 Å². The minimum atomic E-state index is -0.0893. The minimum Gasteiger partial charge on any atom is -0.317 e. The van der Waals surface area contributed by atoms with Gasteiger partial charge in [0, 0.05) is 10.5 Å². The zero-order chi connectivity index (χ0) is 12.5. The number of nitrogens with one attached hydrogen (secondary N) is 1. The summed E-state index contributed by atoms with van der Waals surface area (Å²) in [6.45, 7) is 2.27. The van der Waals surface area contributed by atoms with Crippen LogP contribution < -0.4 is 5.32 Å². The Kier molecular flexibility index (Phi) is 3.88. The maximum atomic E-state index is 13.8. The molecule has 1 aliphatic rings. The van der Waals surface area contributed by atoms with Gasteiger partial charge in [-0.1, -0.05) is 28.9 Å². The van der Waals surface area contributed by atoms with Crippen LogP contribution in [0.2, 0.25) is 0 Å². The van der Waals surface area contributed by atoms with E-state index in [-0.39, 0.29) is 11.2 Å². The average molecular weight is 300 g/mol. The summed E-state index contributed by atoms with van der Waals surface area (Å²) in [6, 6.07) is 5.98. The first-order valence-electron chi connectivity index (χ1n) is 6.14.